The Hall–Kier alpha value is 0.350. The second-order valence-electron chi connectivity index (χ2n) is 4.06. The molecule has 2 N–H and O–H groups in total. The highest BCUT2D eigenvalue weighted by Crippen LogP contribution is 2.34. The fourth-order valence-corrected chi connectivity index (χ4v) is 3.57. The lowest BCUT2D eigenvalue weighted by atomic mass is 10.2. The first-order chi connectivity index (χ1) is 7.17. The standard InChI is InChI=1S/C12H29N2P/c1-5-14(6-2)11-12(13)9-10-15(7-3)8-4/h12H,5-11,13H2,1-4H3. The number of nitrogens with zero attached hydrogens (tertiary/aromatic N) is 1. The van der Waals surface area contributed by atoms with Crippen LogP contribution in [0, 0.1) is 0 Å². The van der Waals surface area contributed by atoms with Crippen LogP contribution in [-0.2, 0) is 0 Å². The highest BCUT2D eigenvalue weighted by molar-refractivity contribution is 7.57. The van der Waals surface area contributed by atoms with Crippen LogP contribution in [0.2, 0.25) is 0 Å². The Labute approximate surface area is 97.4 Å². The summed E-state index contributed by atoms with van der Waals surface area (Å²) in [4.78, 5) is 2.42. The van der Waals surface area contributed by atoms with Crippen LogP contribution in [0.4, 0.5) is 0 Å². The second kappa shape index (κ2) is 9.57. The average molecular weight is 232 g/mol. The van der Waals surface area contributed by atoms with Crippen LogP contribution in [0.15, 0.2) is 0 Å². The predicted molar refractivity (Wildman–Crippen MR) is 73.2 cm³/mol. The zero-order chi connectivity index (χ0) is 11.7. The van der Waals surface area contributed by atoms with Crippen molar-refractivity contribution in [3.8, 4) is 0 Å². The molecule has 0 fully saturated rings. The highest BCUT2D eigenvalue weighted by atomic mass is 31.1. The van der Waals surface area contributed by atoms with E-state index in [0.29, 0.717) is 6.04 Å². The first kappa shape index (κ1) is 15.3. The van der Waals surface area contributed by atoms with E-state index in [1.54, 1.807) is 0 Å². The largest absolute Gasteiger partial charge is 0.327 e. The lowest BCUT2D eigenvalue weighted by Gasteiger charge is -2.23. The van der Waals surface area contributed by atoms with Crippen LogP contribution in [0.5, 0.6) is 0 Å². The Bertz CT molecular complexity index is 134. The monoisotopic (exact) mass is 232 g/mol. The van der Waals surface area contributed by atoms with E-state index in [0.717, 1.165) is 19.6 Å². The minimum Gasteiger partial charge on any atom is -0.327 e. The van der Waals surface area contributed by atoms with Crippen molar-refractivity contribution >= 4 is 7.92 Å². The molecule has 0 aliphatic heterocycles. The summed E-state index contributed by atoms with van der Waals surface area (Å²) in [6, 6.07) is 0.382. The molecule has 3 heteroatoms. The normalized spacial score (nSPS) is 13.8. The van der Waals surface area contributed by atoms with Gasteiger partial charge in [0.25, 0.3) is 0 Å². The van der Waals surface area contributed by atoms with Crippen molar-refractivity contribution in [2.45, 2.75) is 40.2 Å². The SMILES string of the molecule is CCN(CC)CC(N)CCP(CC)CC. The molecular weight excluding hydrogens is 203 g/mol. The first-order valence-corrected chi connectivity index (χ1v) is 8.27. The summed E-state index contributed by atoms with van der Waals surface area (Å²) in [6.45, 7) is 12.4. The fourth-order valence-electron chi connectivity index (χ4n) is 1.79. The minimum atomic E-state index is 0.279. The van der Waals surface area contributed by atoms with E-state index < -0.39 is 0 Å². The minimum absolute atomic E-state index is 0.279. The van der Waals surface area contributed by atoms with Gasteiger partial charge in [0.2, 0.25) is 0 Å². The first-order valence-electron chi connectivity index (χ1n) is 6.38. The summed E-state index contributed by atoms with van der Waals surface area (Å²) < 4.78 is 0. The average Bonchev–Trinajstić information content (AvgIpc) is 2.27. The van der Waals surface area contributed by atoms with E-state index >= 15 is 0 Å². The van der Waals surface area contributed by atoms with Gasteiger partial charge in [0, 0.05) is 12.6 Å². The van der Waals surface area contributed by atoms with Gasteiger partial charge in [0.15, 0.2) is 0 Å². The molecule has 2 nitrogen and oxygen atoms in total. The van der Waals surface area contributed by atoms with Crippen LogP contribution in [-0.4, -0.2) is 49.1 Å². The Morgan fingerprint density at radius 2 is 1.60 bits per heavy atom. The maximum Gasteiger partial charge on any atom is 0.0171 e. The summed E-state index contributed by atoms with van der Waals surface area (Å²) in [5.41, 5.74) is 6.15. The van der Waals surface area contributed by atoms with E-state index in [2.05, 4.69) is 32.6 Å². The molecule has 0 aromatic heterocycles. The van der Waals surface area contributed by atoms with E-state index in [9.17, 15) is 0 Å². The molecule has 1 unspecified atom stereocenters. The van der Waals surface area contributed by atoms with Crippen molar-refractivity contribution in [1.82, 2.24) is 4.90 Å². The molecule has 1 atom stereocenters. The summed E-state index contributed by atoms with van der Waals surface area (Å²) in [6.07, 6.45) is 5.31. The number of hydrogen-bond donors (Lipinski definition) is 1. The van der Waals surface area contributed by atoms with Crippen molar-refractivity contribution in [1.29, 1.82) is 0 Å². The smallest absolute Gasteiger partial charge is 0.0171 e. The zero-order valence-electron chi connectivity index (χ0n) is 11.0. The summed E-state index contributed by atoms with van der Waals surface area (Å²) in [7, 11) is 0.279. The molecule has 0 amide bonds. The fraction of sp³-hybridized carbons (Fsp3) is 1.00. The van der Waals surface area contributed by atoms with Gasteiger partial charge in [0.05, 0.1) is 0 Å². The van der Waals surface area contributed by atoms with Crippen molar-refractivity contribution in [2.75, 3.05) is 38.1 Å². The molecule has 0 aliphatic carbocycles. The predicted octanol–water partition coefficient (Wildman–Crippen LogP) is 2.57. The molecular formula is C12H29N2P. The zero-order valence-corrected chi connectivity index (χ0v) is 11.9. The summed E-state index contributed by atoms with van der Waals surface area (Å²) >= 11 is 0. The Morgan fingerprint density at radius 1 is 1.07 bits per heavy atom. The van der Waals surface area contributed by atoms with Gasteiger partial charge >= 0.3 is 0 Å². The van der Waals surface area contributed by atoms with Crippen LogP contribution in [0.1, 0.15) is 34.1 Å². The molecule has 0 saturated carbocycles. The van der Waals surface area contributed by atoms with E-state index in [1.807, 2.05) is 0 Å². The molecule has 15 heavy (non-hydrogen) atoms. The van der Waals surface area contributed by atoms with Crippen LogP contribution < -0.4 is 5.73 Å². The van der Waals surface area contributed by atoms with Gasteiger partial charge in [0.1, 0.15) is 0 Å². The number of likely N-dealkylation sites (N-methyl/N-ethyl adjacent to an activating group) is 1. The van der Waals surface area contributed by atoms with Crippen LogP contribution in [0.3, 0.4) is 0 Å². The number of hydrogen-bond acceptors (Lipinski definition) is 2. The highest BCUT2D eigenvalue weighted by Gasteiger charge is 2.09. The molecule has 92 valence electrons. The topological polar surface area (TPSA) is 29.3 Å². The molecule has 0 rings (SSSR count). The van der Waals surface area contributed by atoms with Gasteiger partial charge in [-0.2, -0.15) is 0 Å². The quantitative estimate of drug-likeness (QED) is 0.619. The molecule has 0 saturated heterocycles. The summed E-state index contributed by atoms with van der Waals surface area (Å²) in [5, 5.41) is 0. The van der Waals surface area contributed by atoms with Gasteiger partial charge in [-0.15, -0.1) is 7.92 Å². The van der Waals surface area contributed by atoms with Gasteiger partial charge in [-0.05, 0) is 38.0 Å². The van der Waals surface area contributed by atoms with Crippen molar-refractivity contribution in [3.05, 3.63) is 0 Å². The van der Waals surface area contributed by atoms with Gasteiger partial charge in [-0.3, -0.25) is 0 Å². The van der Waals surface area contributed by atoms with Crippen molar-refractivity contribution in [3.63, 3.8) is 0 Å². The third-order valence-corrected chi connectivity index (χ3v) is 5.78. The van der Waals surface area contributed by atoms with E-state index in [1.165, 1.54) is 24.9 Å². The molecule has 0 radical (unpaired) electrons. The lowest BCUT2D eigenvalue weighted by Crippen LogP contribution is -2.37. The maximum atomic E-state index is 6.15. The molecule has 0 bridgehead atoms. The molecule has 0 aliphatic rings. The lowest BCUT2D eigenvalue weighted by molar-refractivity contribution is 0.281. The van der Waals surface area contributed by atoms with E-state index in [4.69, 9.17) is 5.73 Å². The van der Waals surface area contributed by atoms with Gasteiger partial charge < -0.3 is 10.6 Å². The van der Waals surface area contributed by atoms with E-state index in [-0.39, 0.29) is 7.92 Å². The Balaban J connectivity index is 3.67. The third-order valence-electron chi connectivity index (χ3n) is 3.10. The van der Waals surface area contributed by atoms with Crippen LogP contribution in [0.25, 0.3) is 0 Å². The molecule has 0 aromatic rings. The Morgan fingerprint density at radius 3 is 2.00 bits per heavy atom. The number of rotatable bonds is 9. The molecule has 0 aromatic carbocycles. The van der Waals surface area contributed by atoms with Crippen molar-refractivity contribution < 1.29 is 0 Å². The summed E-state index contributed by atoms with van der Waals surface area (Å²) in [5.74, 6) is 0. The van der Waals surface area contributed by atoms with Crippen molar-refractivity contribution in [2.24, 2.45) is 5.73 Å². The molecule has 0 spiro atoms. The van der Waals surface area contributed by atoms with Gasteiger partial charge in [-0.25, -0.2) is 0 Å². The third kappa shape index (κ3) is 7.27. The van der Waals surface area contributed by atoms with Crippen LogP contribution >= 0.6 is 7.92 Å². The Kier molecular flexibility index (Phi) is 9.79. The molecule has 0 heterocycles. The number of nitrogens with two attached hydrogens (primary N) is 1. The van der Waals surface area contributed by atoms with Gasteiger partial charge in [-0.1, -0.05) is 27.7 Å². The second-order valence-corrected chi connectivity index (χ2v) is 7.12. The maximum absolute atomic E-state index is 6.15.